The largest absolute Gasteiger partial charge is 0.498 e. The Bertz CT molecular complexity index is 497. The van der Waals surface area contributed by atoms with Crippen LogP contribution in [0, 0.1) is 0 Å². The lowest BCUT2D eigenvalue weighted by molar-refractivity contribution is 0.00578. The average molecular weight is 304 g/mol. The van der Waals surface area contributed by atoms with Crippen LogP contribution in [-0.4, -0.2) is 34.4 Å². The highest BCUT2D eigenvalue weighted by atomic mass is 16.7. The zero-order valence-electron chi connectivity index (χ0n) is 14.0. The summed E-state index contributed by atoms with van der Waals surface area (Å²) in [7, 11) is -0.408. The molecule has 120 valence electrons. The van der Waals surface area contributed by atoms with E-state index in [1.807, 2.05) is 27.7 Å². The van der Waals surface area contributed by atoms with Crippen LogP contribution in [0.4, 0.5) is 0 Å². The minimum atomic E-state index is -0.408. The van der Waals surface area contributed by atoms with E-state index in [-0.39, 0.29) is 11.2 Å². The van der Waals surface area contributed by atoms with Crippen LogP contribution in [0.3, 0.4) is 0 Å². The molecular weight excluding hydrogens is 279 g/mol. The lowest BCUT2D eigenvalue weighted by Crippen LogP contribution is -2.41. The maximum absolute atomic E-state index is 6.00. The number of hydrogen-bond donors (Lipinski definition) is 0. The predicted molar refractivity (Wildman–Crippen MR) is 84.8 cm³/mol. The fourth-order valence-corrected chi connectivity index (χ4v) is 2.79. The summed E-state index contributed by atoms with van der Waals surface area (Å²) in [4.78, 5) is 8.77. The normalized spacial score (nSPS) is 24.1. The van der Waals surface area contributed by atoms with Gasteiger partial charge in [-0.3, -0.25) is 0 Å². The van der Waals surface area contributed by atoms with Crippen molar-refractivity contribution in [2.24, 2.45) is 0 Å². The monoisotopic (exact) mass is 304 g/mol. The molecule has 22 heavy (non-hydrogen) atoms. The Morgan fingerprint density at radius 2 is 1.64 bits per heavy atom. The predicted octanol–water partition coefficient (Wildman–Crippen LogP) is 2.24. The van der Waals surface area contributed by atoms with E-state index >= 15 is 0 Å². The summed E-state index contributed by atoms with van der Waals surface area (Å²) in [6.45, 7) is 8.64. The molecule has 1 aromatic rings. The molecule has 1 aromatic heterocycles. The van der Waals surface area contributed by atoms with E-state index in [4.69, 9.17) is 14.0 Å². The Hall–Kier alpha value is -0.975. The van der Waals surface area contributed by atoms with Crippen molar-refractivity contribution < 1.29 is 14.0 Å². The van der Waals surface area contributed by atoms with E-state index in [1.54, 1.807) is 12.4 Å². The van der Waals surface area contributed by atoms with Crippen molar-refractivity contribution in [3.8, 4) is 0 Å². The van der Waals surface area contributed by atoms with Crippen LogP contribution in [0.15, 0.2) is 12.4 Å². The van der Waals surface area contributed by atoms with Crippen molar-refractivity contribution in [3.05, 3.63) is 18.2 Å². The SMILES string of the molecule is CC1(C)OB(c2cnc(COC3CCCC3)nc2)OC1(C)C. The number of aromatic nitrogens is 2. The zero-order valence-corrected chi connectivity index (χ0v) is 14.0. The number of hydrogen-bond acceptors (Lipinski definition) is 5. The molecule has 0 aromatic carbocycles. The summed E-state index contributed by atoms with van der Waals surface area (Å²) in [6.07, 6.45) is 8.80. The van der Waals surface area contributed by atoms with Crippen LogP contribution in [0.1, 0.15) is 59.2 Å². The minimum Gasteiger partial charge on any atom is -0.399 e. The first-order chi connectivity index (χ1) is 10.4. The second-order valence-corrected chi connectivity index (χ2v) is 7.24. The van der Waals surface area contributed by atoms with Crippen LogP contribution in [0.5, 0.6) is 0 Å². The molecule has 0 unspecified atom stereocenters. The summed E-state index contributed by atoms with van der Waals surface area (Å²) < 4.78 is 17.8. The van der Waals surface area contributed by atoms with Crippen molar-refractivity contribution in [1.29, 1.82) is 0 Å². The summed E-state index contributed by atoms with van der Waals surface area (Å²) in [5.41, 5.74) is 0.160. The van der Waals surface area contributed by atoms with Gasteiger partial charge in [-0.05, 0) is 40.5 Å². The van der Waals surface area contributed by atoms with Gasteiger partial charge in [0.15, 0.2) is 5.82 Å². The maximum Gasteiger partial charge on any atom is 0.498 e. The highest BCUT2D eigenvalue weighted by Gasteiger charge is 2.51. The zero-order chi connectivity index (χ0) is 15.8. The van der Waals surface area contributed by atoms with Crippen LogP contribution >= 0.6 is 0 Å². The Labute approximate surface area is 132 Å². The van der Waals surface area contributed by atoms with Crippen LogP contribution < -0.4 is 5.46 Å². The van der Waals surface area contributed by atoms with E-state index in [2.05, 4.69) is 9.97 Å². The van der Waals surface area contributed by atoms with Gasteiger partial charge in [-0.25, -0.2) is 9.97 Å². The number of ether oxygens (including phenoxy) is 1. The highest BCUT2D eigenvalue weighted by Crippen LogP contribution is 2.36. The van der Waals surface area contributed by atoms with Gasteiger partial charge >= 0.3 is 7.12 Å². The van der Waals surface area contributed by atoms with E-state index in [0.717, 1.165) is 18.3 Å². The second kappa shape index (κ2) is 5.91. The molecule has 0 N–H and O–H groups in total. The average Bonchev–Trinajstić information content (AvgIpc) is 3.04. The van der Waals surface area contributed by atoms with Gasteiger partial charge in [-0.1, -0.05) is 12.8 Å². The molecule has 6 heteroatoms. The minimum absolute atomic E-state index is 0.345. The standard InChI is InChI=1S/C16H25BN2O3/c1-15(2)16(3,4)22-17(21-15)12-9-18-14(19-10-12)11-20-13-7-5-6-8-13/h9-10,13H,5-8,11H2,1-4H3. The van der Waals surface area contributed by atoms with Crippen LogP contribution in [0.2, 0.25) is 0 Å². The van der Waals surface area contributed by atoms with Crippen molar-refractivity contribution in [3.63, 3.8) is 0 Å². The van der Waals surface area contributed by atoms with Crippen molar-refractivity contribution in [2.45, 2.75) is 77.3 Å². The molecule has 0 bridgehead atoms. The Kier molecular flexibility index (Phi) is 4.27. The van der Waals surface area contributed by atoms with Gasteiger partial charge in [0.1, 0.15) is 6.61 Å². The summed E-state index contributed by atoms with van der Waals surface area (Å²) in [5.74, 6) is 0.715. The van der Waals surface area contributed by atoms with Crippen LogP contribution in [-0.2, 0) is 20.7 Å². The fraction of sp³-hybridized carbons (Fsp3) is 0.750. The molecular formula is C16H25BN2O3. The summed E-state index contributed by atoms with van der Waals surface area (Å²) in [5, 5.41) is 0. The fourth-order valence-electron chi connectivity index (χ4n) is 2.79. The molecule has 1 aliphatic carbocycles. The van der Waals surface area contributed by atoms with E-state index < -0.39 is 7.12 Å². The molecule has 2 fully saturated rings. The van der Waals surface area contributed by atoms with Gasteiger partial charge in [0.05, 0.1) is 17.3 Å². The Morgan fingerprint density at radius 1 is 1.09 bits per heavy atom. The van der Waals surface area contributed by atoms with Crippen molar-refractivity contribution >= 4 is 12.6 Å². The van der Waals surface area contributed by atoms with Gasteiger partial charge in [0, 0.05) is 17.9 Å². The van der Waals surface area contributed by atoms with E-state index in [9.17, 15) is 0 Å². The molecule has 1 aliphatic heterocycles. The topological polar surface area (TPSA) is 53.5 Å². The van der Waals surface area contributed by atoms with Crippen molar-refractivity contribution in [1.82, 2.24) is 9.97 Å². The van der Waals surface area contributed by atoms with E-state index in [0.29, 0.717) is 18.5 Å². The third-order valence-electron chi connectivity index (χ3n) is 5.00. The Morgan fingerprint density at radius 3 is 2.18 bits per heavy atom. The lowest BCUT2D eigenvalue weighted by atomic mass is 9.81. The third kappa shape index (κ3) is 3.19. The number of rotatable bonds is 4. The molecule has 3 rings (SSSR count). The molecule has 0 atom stereocenters. The lowest BCUT2D eigenvalue weighted by Gasteiger charge is -2.32. The van der Waals surface area contributed by atoms with Crippen LogP contribution in [0.25, 0.3) is 0 Å². The molecule has 0 radical (unpaired) electrons. The first-order valence-corrected chi connectivity index (χ1v) is 8.15. The number of nitrogens with zero attached hydrogens (tertiary/aromatic N) is 2. The van der Waals surface area contributed by atoms with Gasteiger partial charge in [0.25, 0.3) is 0 Å². The Balaban J connectivity index is 1.60. The summed E-state index contributed by atoms with van der Waals surface area (Å²) in [6, 6.07) is 0. The molecule has 1 saturated heterocycles. The molecule has 0 amide bonds. The van der Waals surface area contributed by atoms with Crippen molar-refractivity contribution in [2.75, 3.05) is 0 Å². The van der Waals surface area contributed by atoms with Gasteiger partial charge in [0.2, 0.25) is 0 Å². The molecule has 2 aliphatic rings. The quantitative estimate of drug-likeness (QED) is 0.799. The highest BCUT2D eigenvalue weighted by molar-refractivity contribution is 6.61. The van der Waals surface area contributed by atoms with E-state index in [1.165, 1.54) is 12.8 Å². The molecule has 1 saturated carbocycles. The third-order valence-corrected chi connectivity index (χ3v) is 5.00. The summed E-state index contributed by atoms with van der Waals surface area (Å²) >= 11 is 0. The first-order valence-electron chi connectivity index (χ1n) is 8.15. The van der Waals surface area contributed by atoms with Gasteiger partial charge in [-0.15, -0.1) is 0 Å². The smallest absolute Gasteiger partial charge is 0.399 e. The molecule has 5 nitrogen and oxygen atoms in total. The second-order valence-electron chi connectivity index (χ2n) is 7.24. The molecule has 0 spiro atoms. The molecule has 2 heterocycles. The first kappa shape index (κ1) is 15.9. The maximum atomic E-state index is 6.00. The van der Waals surface area contributed by atoms with Gasteiger partial charge < -0.3 is 14.0 Å². The van der Waals surface area contributed by atoms with Gasteiger partial charge in [-0.2, -0.15) is 0 Å².